The first-order valence-electron chi connectivity index (χ1n) is 13.3. The van der Waals surface area contributed by atoms with Crippen LogP contribution in [0.15, 0.2) is 60.7 Å². The molecule has 2 aliphatic heterocycles. The standard InChI is InChI=1S/C29H37N5O4/c1-29(2,33-26(36)24-16-10-18-34(24)27(37)22-15-9-17-30-22)28(38)32-23(19-20-11-5-3-6-12-20)25(35)31-21-13-7-4-8-14-21/h3-8,11-14,22-24,30H,9-10,15-19H2,1-2H3,(H,31,35)(H,32,38)(H,33,36)/t22-,23-,24+/m1/s1. The molecular weight excluding hydrogens is 482 g/mol. The van der Waals surface area contributed by atoms with Crippen molar-refractivity contribution >= 4 is 29.3 Å². The SMILES string of the molecule is CC(C)(NC(=O)[C@@H]1CCCN1C(=O)[C@H]1CCCN1)C(=O)N[C@H](Cc1ccccc1)C(=O)Nc1ccccc1. The second kappa shape index (κ2) is 12.2. The molecule has 9 nitrogen and oxygen atoms in total. The molecule has 3 atom stereocenters. The van der Waals surface area contributed by atoms with Crippen LogP contribution >= 0.6 is 0 Å². The maximum atomic E-state index is 13.4. The van der Waals surface area contributed by atoms with Gasteiger partial charge in [-0.2, -0.15) is 0 Å². The van der Waals surface area contributed by atoms with Crippen molar-refractivity contribution in [3.63, 3.8) is 0 Å². The Morgan fingerprint density at radius 1 is 0.974 bits per heavy atom. The van der Waals surface area contributed by atoms with E-state index in [0.717, 1.165) is 31.4 Å². The van der Waals surface area contributed by atoms with Gasteiger partial charge in [0.1, 0.15) is 17.6 Å². The number of carbonyl (C=O) groups is 4. The van der Waals surface area contributed by atoms with Crippen LogP contribution in [0.2, 0.25) is 0 Å². The Balaban J connectivity index is 1.43. The van der Waals surface area contributed by atoms with Gasteiger partial charge in [0.2, 0.25) is 23.6 Å². The average Bonchev–Trinajstić information content (AvgIpc) is 3.62. The summed E-state index contributed by atoms with van der Waals surface area (Å²) < 4.78 is 0. The fraction of sp³-hybridized carbons (Fsp3) is 0.448. The van der Waals surface area contributed by atoms with Crippen LogP contribution < -0.4 is 21.3 Å². The van der Waals surface area contributed by atoms with Gasteiger partial charge in [-0.05, 0) is 63.8 Å². The normalized spacial score (nSPS) is 20.0. The molecule has 38 heavy (non-hydrogen) atoms. The summed E-state index contributed by atoms with van der Waals surface area (Å²) in [4.78, 5) is 54.5. The van der Waals surface area contributed by atoms with Crippen LogP contribution in [0.25, 0.3) is 0 Å². The highest BCUT2D eigenvalue weighted by molar-refractivity contribution is 6.00. The Hall–Kier alpha value is -3.72. The summed E-state index contributed by atoms with van der Waals surface area (Å²) in [6.07, 6.45) is 3.29. The zero-order valence-electron chi connectivity index (χ0n) is 22.0. The number of hydrogen-bond acceptors (Lipinski definition) is 5. The van der Waals surface area contributed by atoms with Crippen molar-refractivity contribution in [2.75, 3.05) is 18.4 Å². The Bertz CT molecular complexity index is 1130. The molecule has 2 heterocycles. The molecular formula is C29H37N5O4. The molecule has 0 radical (unpaired) electrons. The molecule has 2 aromatic rings. The van der Waals surface area contributed by atoms with E-state index in [1.165, 1.54) is 0 Å². The molecule has 2 saturated heterocycles. The van der Waals surface area contributed by atoms with Crippen LogP contribution in [-0.2, 0) is 25.6 Å². The quantitative estimate of drug-likeness (QED) is 0.404. The number of para-hydroxylation sites is 1. The maximum Gasteiger partial charge on any atom is 0.247 e. The second-order valence-electron chi connectivity index (χ2n) is 10.5. The van der Waals surface area contributed by atoms with Crippen LogP contribution in [-0.4, -0.2) is 65.3 Å². The predicted molar refractivity (Wildman–Crippen MR) is 145 cm³/mol. The van der Waals surface area contributed by atoms with E-state index in [1.54, 1.807) is 30.9 Å². The summed E-state index contributed by atoms with van der Waals surface area (Å²) in [5.74, 6) is -1.25. The van der Waals surface area contributed by atoms with Gasteiger partial charge >= 0.3 is 0 Å². The minimum absolute atomic E-state index is 0.0529. The number of benzene rings is 2. The molecule has 4 rings (SSSR count). The van der Waals surface area contributed by atoms with Gasteiger partial charge in [0.05, 0.1) is 6.04 Å². The van der Waals surface area contributed by atoms with Gasteiger partial charge in [-0.3, -0.25) is 19.2 Å². The Labute approximate surface area is 223 Å². The van der Waals surface area contributed by atoms with Gasteiger partial charge in [-0.15, -0.1) is 0 Å². The van der Waals surface area contributed by atoms with Crippen LogP contribution in [0.3, 0.4) is 0 Å². The molecule has 0 spiro atoms. The number of hydrogen-bond donors (Lipinski definition) is 4. The summed E-state index contributed by atoms with van der Waals surface area (Å²) in [5, 5.41) is 11.7. The van der Waals surface area contributed by atoms with E-state index in [4.69, 9.17) is 0 Å². The fourth-order valence-corrected chi connectivity index (χ4v) is 5.00. The molecule has 0 saturated carbocycles. The lowest BCUT2D eigenvalue weighted by atomic mass is 10.00. The Morgan fingerprint density at radius 2 is 1.66 bits per heavy atom. The van der Waals surface area contributed by atoms with Crippen molar-refractivity contribution in [2.24, 2.45) is 0 Å². The lowest BCUT2D eigenvalue weighted by molar-refractivity contribution is -0.141. The number of nitrogens with one attached hydrogen (secondary N) is 4. The first kappa shape index (κ1) is 27.3. The number of amides is 4. The van der Waals surface area contributed by atoms with Crippen molar-refractivity contribution in [1.82, 2.24) is 20.9 Å². The van der Waals surface area contributed by atoms with E-state index in [1.807, 2.05) is 48.5 Å². The Kier molecular flexibility index (Phi) is 8.78. The number of rotatable bonds is 9. The van der Waals surface area contributed by atoms with Crippen LogP contribution in [0.4, 0.5) is 5.69 Å². The summed E-state index contributed by atoms with van der Waals surface area (Å²) in [5.41, 5.74) is 0.214. The number of carbonyl (C=O) groups excluding carboxylic acids is 4. The maximum absolute atomic E-state index is 13.4. The van der Waals surface area contributed by atoms with Crippen LogP contribution in [0.5, 0.6) is 0 Å². The molecule has 0 bridgehead atoms. The van der Waals surface area contributed by atoms with Crippen molar-refractivity contribution in [3.8, 4) is 0 Å². The zero-order chi connectivity index (χ0) is 27.1. The van der Waals surface area contributed by atoms with Crippen LogP contribution in [0, 0.1) is 0 Å². The van der Waals surface area contributed by atoms with Gasteiger partial charge in [-0.25, -0.2) is 0 Å². The summed E-state index contributed by atoms with van der Waals surface area (Å²) in [6, 6.07) is 16.8. The highest BCUT2D eigenvalue weighted by Gasteiger charge is 2.41. The van der Waals surface area contributed by atoms with Crippen molar-refractivity contribution in [2.45, 2.75) is 69.6 Å². The second-order valence-corrected chi connectivity index (χ2v) is 10.5. The molecule has 4 N–H and O–H groups in total. The Morgan fingerprint density at radius 3 is 2.32 bits per heavy atom. The first-order chi connectivity index (χ1) is 18.2. The molecule has 2 fully saturated rings. The summed E-state index contributed by atoms with van der Waals surface area (Å²) >= 11 is 0. The third-order valence-electron chi connectivity index (χ3n) is 7.15. The van der Waals surface area contributed by atoms with E-state index in [9.17, 15) is 19.2 Å². The molecule has 0 aliphatic carbocycles. The van der Waals surface area contributed by atoms with E-state index >= 15 is 0 Å². The van der Waals surface area contributed by atoms with Crippen molar-refractivity contribution in [1.29, 1.82) is 0 Å². The molecule has 0 aromatic heterocycles. The van der Waals surface area contributed by atoms with E-state index in [-0.39, 0.29) is 30.2 Å². The fourth-order valence-electron chi connectivity index (χ4n) is 5.00. The van der Waals surface area contributed by atoms with Crippen molar-refractivity contribution in [3.05, 3.63) is 66.2 Å². The predicted octanol–water partition coefficient (Wildman–Crippen LogP) is 1.99. The summed E-state index contributed by atoms with van der Waals surface area (Å²) in [7, 11) is 0. The van der Waals surface area contributed by atoms with Gasteiger partial charge in [-0.1, -0.05) is 48.5 Å². The topological polar surface area (TPSA) is 120 Å². The lowest BCUT2D eigenvalue weighted by Gasteiger charge is -2.32. The first-order valence-corrected chi connectivity index (χ1v) is 13.3. The minimum atomic E-state index is -1.30. The number of nitrogens with zero attached hydrogens (tertiary/aromatic N) is 1. The van der Waals surface area contributed by atoms with E-state index in [0.29, 0.717) is 18.7 Å². The molecule has 2 aromatic carbocycles. The van der Waals surface area contributed by atoms with Gasteiger partial charge in [0.25, 0.3) is 0 Å². The molecule has 4 amide bonds. The largest absolute Gasteiger partial charge is 0.342 e. The molecule has 202 valence electrons. The third kappa shape index (κ3) is 6.77. The van der Waals surface area contributed by atoms with Gasteiger partial charge in [0.15, 0.2) is 0 Å². The van der Waals surface area contributed by atoms with Crippen LogP contribution in [0.1, 0.15) is 45.1 Å². The number of likely N-dealkylation sites (tertiary alicyclic amines) is 1. The minimum Gasteiger partial charge on any atom is -0.342 e. The monoisotopic (exact) mass is 519 g/mol. The average molecular weight is 520 g/mol. The molecule has 0 unspecified atom stereocenters. The van der Waals surface area contributed by atoms with E-state index < -0.39 is 23.5 Å². The van der Waals surface area contributed by atoms with E-state index in [2.05, 4.69) is 21.3 Å². The van der Waals surface area contributed by atoms with Gasteiger partial charge < -0.3 is 26.2 Å². The van der Waals surface area contributed by atoms with Gasteiger partial charge in [0, 0.05) is 18.7 Å². The molecule has 9 heteroatoms. The number of anilines is 1. The smallest absolute Gasteiger partial charge is 0.247 e. The third-order valence-corrected chi connectivity index (χ3v) is 7.15. The highest BCUT2D eigenvalue weighted by atomic mass is 16.2. The summed E-state index contributed by atoms with van der Waals surface area (Å²) in [6.45, 7) is 4.54. The molecule has 2 aliphatic rings. The highest BCUT2D eigenvalue weighted by Crippen LogP contribution is 2.22. The lowest BCUT2D eigenvalue weighted by Crippen LogP contribution is -2.61. The zero-order valence-corrected chi connectivity index (χ0v) is 22.0. The van der Waals surface area contributed by atoms with Crippen molar-refractivity contribution < 1.29 is 19.2 Å².